The Bertz CT molecular complexity index is 1170. The predicted octanol–water partition coefficient (Wildman–Crippen LogP) is 2.19. The highest BCUT2D eigenvalue weighted by atomic mass is 32.2. The predicted molar refractivity (Wildman–Crippen MR) is 131 cm³/mol. The quantitative estimate of drug-likeness (QED) is 0.600. The summed E-state index contributed by atoms with van der Waals surface area (Å²) in [4.78, 5) is 24.1. The molecule has 0 saturated carbocycles. The van der Waals surface area contributed by atoms with Crippen molar-refractivity contribution in [2.45, 2.75) is 37.2 Å². The molecule has 9 heteroatoms. The van der Waals surface area contributed by atoms with E-state index in [0.717, 1.165) is 43.3 Å². The lowest BCUT2D eigenvalue weighted by Crippen LogP contribution is -2.32. The van der Waals surface area contributed by atoms with Gasteiger partial charge in [0.25, 0.3) is 5.91 Å². The van der Waals surface area contributed by atoms with Gasteiger partial charge < -0.3 is 16.0 Å². The second-order valence-electron chi connectivity index (χ2n) is 8.41. The summed E-state index contributed by atoms with van der Waals surface area (Å²) in [5, 5.41) is 2.80. The Hall–Kier alpha value is -3.04. The number of carbonyl (C=O) groups excluding carboxylic acids is 1. The molecule has 1 aliphatic heterocycles. The van der Waals surface area contributed by atoms with E-state index in [1.807, 2.05) is 18.3 Å². The zero-order chi connectivity index (χ0) is 24.0. The van der Waals surface area contributed by atoms with Crippen LogP contribution in [-0.4, -0.2) is 62.9 Å². The highest BCUT2D eigenvalue weighted by Gasteiger charge is 2.16. The second kappa shape index (κ2) is 10.7. The highest BCUT2D eigenvalue weighted by Crippen LogP contribution is 2.18. The highest BCUT2D eigenvalue weighted by molar-refractivity contribution is 7.90. The van der Waals surface area contributed by atoms with Gasteiger partial charge >= 0.3 is 0 Å². The van der Waals surface area contributed by atoms with E-state index in [9.17, 15) is 13.2 Å². The van der Waals surface area contributed by atoms with Crippen LogP contribution >= 0.6 is 0 Å². The van der Waals surface area contributed by atoms with Crippen LogP contribution in [0.4, 0.5) is 0 Å². The number of allylic oxidation sites excluding steroid dienone is 1. The van der Waals surface area contributed by atoms with Crippen LogP contribution in [0.3, 0.4) is 0 Å². The molecular formula is C24H31N5O3S. The van der Waals surface area contributed by atoms with E-state index in [4.69, 9.17) is 10.7 Å². The summed E-state index contributed by atoms with van der Waals surface area (Å²) >= 11 is 0. The van der Waals surface area contributed by atoms with Gasteiger partial charge in [0.1, 0.15) is 0 Å². The van der Waals surface area contributed by atoms with Gasteiger partial charge in [0, 0.05) is 36.0 Å². The average Bonchev–Trinajstić information content (AvgIpc) is 2.79. The van der Waals surface area contributed by atoms with Crippen LogP contribution in [0, 0.1) is 6.92 Å². The molecule has 1 aromatic heterocycles. The SMILES string of the molecule is Cc1ccc(C(=O)NCc2cc(C(C=NC3CCN(C)CC3)=CN)ccn2)cc1S(C)(=O)=O. The number of hydrogen-bond acceptors (Lipinski definition) is 7. The molecule has 1 amide bonds. The van der Waals surface area contributed by atoms with Gasteiger partial charge in [-0.15, -0.1) is 0 Å². The van der Waals surface area contributed by atoms with Crippen LogP contribution in [-0.2, 0) is 16.4 Å². The van der Waals surface area contributed by atoms with Crippen molar-refractivity contribution in [3.05, 3.63) is 65.1 Å². The summed E-state index contributed by atoms with van der Waals surface area (Å²) in [6.45, 7) is 3.97. The Kier molecular flexibility index (Phi) is 7.99. The number of pyridine rings is 1. The van der Waals surface area contributed by atoms with Crippen molar-refractivity contribution in [1.82, 2.24) is 15.2 Å². The van der Waals surface area contributed by atoms with Crippen molar-refractivity contribution in [3.8, 4) is 0 Å². The molecule has 1 saturated heterocycles. The van der Waals surface area contributed by atoms with Crippen molar-refractivity contribution < 1.29 is 13.2 Å². The van der Waals surface area contributed by atoms with Crippen LogP contribution in [0.5, 0.6) is 0 Å². The van der Waals surface area contributed by atoms with Gasteiger partial charge in [-0.05, 0) is 75.3 Å². The molecule has 8 nitrogen and oxygen atoms in total. The number of aromatic nitrogens is 1. The number of rotatable bonds is 7. The third-order valence-electron chi connectivity index (χ3n) is 5.72. The number of nitrogens with one attached hydrogen (secondary N) is 1. The number of likely N-dealkylation sites (tertiary alicyclic amines) is 1. The van der Waals surface area contributed by atoms with Gasteiger partial charge in [0.15, 0.2) is 9.84 Å². The van der Waals surface area contributed by atoms with E-state index < -0.39 is 9.84 Å². The molecule has 3 rings (SSSR count). The molecule has 33 heavy (non-hydrogen) atoms. The van der Waals surface area contributed by atoms with Crippen molar-refractivity contribution in [1.29, 1.82) is 0 Å². The fraction of sp³-hybridized carbons (Fsp3) is 0.375. The number of nitrogens with zero attached hydrogens (tertiary/aromatic N) is 3. The molecule has 1 aromatic carbocycles. The van der Waals surface area contributed by atoms with Crippen LogP contribution in [0.15, 0.2) is 52.6 Å². The van der Waals surface area contributed by atoms with Crippen LogP contribution in [0.25, 0.3) is 5.57 Å². The van der Waals surface area contributed by atoms with Crippen molar-refractivity contribution in [3.63, 3.8) is 0 Å². The van der Waals surface area contributed by atoms with Gasteiger partial charge in [-0.2, -0.15) is 0 Å². The number of benzene rings is 1. The minimum atomic E-state index is -3.42. The molecule has 176 valence electrons. The first-order chi connectivity index (χ1) is 15.7. The maximum atomic E-state index is 12.6. The van der Waals surface area contributed by atoms with E-state index in [-0.39, 0.29) is 22.9 Å². The molecular weight excluding hydrogens is 438 g/mol. The monoisotopic (exact) mass is 469 g/mol. The Morgan fingerprint density at radius 2 is 1.97 bits per heavy atom. The van der Waals surface area contributed by atoms with Crippen LogP contribution in [0.1, 0.15) is 40.0 Å². The summed E-state index contributed by atoms with van der Waals surface area (Å²) in [6, 6.07) is 8.64. The molecule has 0 atom stereocenters. The minimum absolute atomic E-state index is 0.150. The zero-order valence-corrected chi connectivity index (χ0v) is 20.1. The second-order valence-corrected chi connectivity index (χ2v) is 10.4. The van der Waals surface area contributed by atoms with Gasteiger partial charge in [0.05, 0.1) is 23.2 Å². The number of hydrogen-bond donors (Lipinski definition) is 2. The normalized spacial score (nSPS) is 16.3. The van der Waals surface area contributed by atoms with E-state index in [2.05, 4.69) is 22.2 Å². The molecule has 0 spiro atoms. The number of nitrogens with two attached hydrogens (primary N) is 1. The Labute approximate surface area is 195 Å². The van der Waals surface area contributed by atoms with Gasteiger partial charge in [-0.25, -0.2) is 8.42 Å². The van der Waals surface area contributed by atoms with Crippen LogP contribution < -0.4 is 11.1 Å². The molecule has 0 aliphatic carbocycles. The number of aryl methyl sites for hydroxylation is 1. The topological polar surface area (TPSA) is 118 Å². The van der Waals surface area contributed by atoms with E-state index in [1.165, 1.54) is 12.3 Å². The molecule has 2 aromatic rings. The summed E-state index contributed by atoms with van der Waals surface area (Å²) in [7, 11) is -1.30. The molecule has 0 bridgehead atoms. The fourth-order valence-electron chi connectivity index (χ4n) is 3.71. The number of carbonyl (C=O) groups is 1. The van der Waals surface area contributed by atoms with E-state index >= 15 is 0 Å². The third-order valence-corrected chi connectivity index (χ3v) is 6.96. The van der Waals surface area contributed by atoms with Gasteiger partial charge in [-0.1, -0.05) is 6.07 Å². The Morgan fingerprint density at radius 3 is 2.64 bits per heavy atom. The van der Waals surface area contributed by atoms with E-state index in [1.54, 1.807) is 25.3 Å². The van der Waals surface area contributed by atoms with Crippen molar-refractivity contribution in [2.75, 3.05) is 26.4 Å². The van der Waals surface area contributed by atoms with Crippen LogP contribution in [0.2, 0.25) is 0 Å². The number of sulfone groups is 1. The maximum absolute atomic E-state index is 12.6. The lowest BCUT2D eigenvalue weighted by Gasteiger charge is -2.26. The minimum Gasteiger partial charge on any atom is -0.404 e. The first kappa shape index (κ1) is 24.6. The summed E-state index contributed by atoms with van der Waals surface area (Å²) in [5.74, 6) is -0.370. The molecule has 2 heterocycles. The van der Waals surface area contributed by atoms with Crippen molar-refractivity contribution >= 4 is 27.5 Å². The first-order valence-corrected chi connectivity index (χ1v) is 12.7. The van der Waals surface area contributed by atoms with Gasteiger partial charge in [-0.3, -0.25) is 14.8 Å². The molecule has 3 N–H and O–H groups in total. The standard InChI is InChI=1S/C24H31N5O3S/c1-17-4-5-19(13-23(17)33(3,31)32)24(30)28-16-22-12-18(6-9-26-22)20(14-25)15-27-21-7-10-29(2)11-8-21/h4-6,9,12-15,21H,7-8,10-11,16,25H2,1-3H3,(H,28,30). The Morgan fingerprint density at radius 1 is 1.24 bits per heavy atom. The largest absolute Gasteiger partial charge is 0.404 e. The lowest BCUT2D eigenvalue weighted by molar-refractivity contribution is 0.0950. The van der Waals surface area contributed by atoms with Crippen molar-refractivity contribution in [2.24, 2.45) is 10.7 Å². The summed E-state index contributed by atoms with van der Waals surface area (Å²) in [5.41, 5.74) is 9.05. The lowest BCUT2D eigenvalue weighted by atomic mass is 10.1. The number of amides is 1. The summed E-state index contributed by atoms with van der Waals surface area (Å²) < 4.78 is 23.9. The molecule has 1 fully saturated rings. The Balaban J connectivity index is 1.67. The average molecular weight is 470 g/mol. The smallest absolute Gasteiger partial charge is 0.251 e. The maximum Gasteiger partial charge on any atom is 0.251 e. The third kappa shape index (κ3) is 6.72. The number of aliphatic imine (C=N–C) groups is 1. The molecule has 0 radical (unpaired) electrons. The zero-order valence-electron chi connectivity index (χ0n) is 19.3. The van der Waals surface area contributed by atoms with Gasteiger partial charge in [0.2, 0.25) is 0 Å². The number of piperidine rings is 1. The first-order valence-electron chi connectivity index (χ1n) is 10.8. The van der Waals surface area contributed by atoms with E-state index in [0.29, 0.717) is 17.3 Å². The molecule has 0 unspecified atom stereocenters. The molecule has 1 aliphatic rings. The fourth-order valence-corrected chi connectivity index (χ4v) is 4.71. The summed E-state index contributed by atoms with van der Waals surface area (Å²) in [6.07, 6.45) is 8.18.